The maximum absolute atomic E-state index is 13.1. The van der Waals surface area contributed by atoms with Gasteiger partial charge in [-0.25, -0.2) is 0 Å². The Kier molecular flexibility index (Phi) is 5.81. The first-order valence-corrected chi connectivity index (χ1v) is 10.7. The van der Waals surface area contributed by atoms with Gasteiger partial charge in [0.25, 0.3) is 5.69 Å². The summed E-state index contributed by atoms with van der Waals surface area (Å²) in [4.78, 5) is 39.0. The minimum atomic E-state index is -0.523. The normalized spacial score (nSPS) is 18.2. The summed E-state index contributed by atoms with van der Waals surface area (Å²) in [6.07, 6.45) is 0.128. The van der Waals surface area contributed by atoms with E-state index in [0.717, 1.165) is 21.7 Å². The number of thiophene rings is 1. The zero-order valence-corrected chi connectivity index (χ0v) is 17.7. The fourth-order valence-corrected chi connectivity index (χ4v) is 4.70. The lowest BCUT2D eigenvalue weighted by atomic mass is 9.97. The molecular formula is C23H21N3O4S. The van der Waals surface area contributed by atoms with Crippen LogP contribution in [0.25, 0.3) is 0 Å². The Hall–Kier alpha value is -3.52. The average molecular weight is 436 g/mol. The summed E-state index contributed by atoms with van der Waals surface area (Å²) >= 11 is 1.53. The minimum absolute atomic E-state index is 0.00275. The molecule has 0 spiro atoms. The summed E-state index contributed by atoms with van der Waals surface area (Å²) < 4.78 is 0. The second-order valence-electron chi connectivity index (χ2n) is 7.51. The lowest BCUT2D eigenvalue weighted by Crippen LogP contribution is -2.35. The van der Waals surface area contributed by atoms with Crippen molar-refractivity contribution in [2.75, 3.05) is 4.90 Å². The number of rotatable bonds is 6. The number of non-ortho nitro benzene ring substituents is 1. The summed E-state index contributed by atoms with van der Waals surface area (Å²) in [5, 5.41) is 15.6. The van der Waals surface area contributed by atoms with Crippen molar-refractivity contribution in [3.8, 4) is 0 Å². The van der Waals surface area contributed by atoms with E-state index in [4.69, 9.17) is 0 Å². The van der Waals surface area contributed by atoms with Gasteiger partial charge in [-0.15, -0.1) is 11.3 Å². The summed E-state index contributed by atoms with van der Waals surface area (Å²) in [5.41, 5.74) is 2.63. The van der Waals surface area contributed by atoms with E-state index >= 15 is 0 Å². The molecule has 8 heteroatoms. The molecule has 0 saturated carbocycles. The Morgan fingerprint density at radius 2 is 1.87 bits per heavy atom. The van der Waals surface area contributed by atoms with Gasteiger partial charge in [-0.1, -0.05) is 35.9 Å². The van der Waals surface area contributed by atoms with E-state index in [-0.39, 0.29) is 36.5 Å². The number of anilines is 1. The monoisotopic (exact) mass is 435 g/mol. The molecular weight excluding hydrogens is 414 g/mol. The van der Waals surface area contributed by atoms with E-state index in [1.165, 1.54) is 23.5 Å². The Morgan fingerprint density at radius 3 is 2.48 bits per heavy atom. The summed E-state index contributed by atoms with van der Waals surface area (Å²) in [6, 6.07) is 17.3. The van der Waals surface area contributed by atoms with Gasteiger partial charge in [-0.3, -0.25) is 19.7 Å². The maximum Gasteiger partial charge on any atom is 0.269 e. The van der Waals surface area contributed by atoms with Gasteiger partial charge in [0.15, 0.2) is 0 Å². The zero-order valence-electron chi connectivity index (χ0n) is 16.9. The van der Waals surface area contributed by atoms with Gasteiger partial charge in [0, 0.05) is 35.7 Å². The molecule has 1 fully saturated rings. The number of hydrogen-bond acceptors (Lipinski definition) is 5. The van der Waals surface area contributed by atoms with E-state index in [2.05, 4.69) is 5.32 Å². The molecule has 2 aromatic carbocycles. The van der Waals surface area contributed by atoms with E-state index < -0.39 is 10.8 Å². The number of nitrogens with zero attached hydrogens (tertiary/aromatic N) is 2. The number of amides is 2. The van der Waals surface area contributed by atoms with Gasteiger partial charge in [0.05, 0.1) is 16.9 Å². The van der Waals surface area contributed by atoms with Crippen LogP contribution in [-0.4, -0.2) is 16.7 Å². The van der Waals surface area contributed by atoms with Gasteiger partial charge in [0.2, 0.25) is 11.8 Å². The van der Waals surface area contributed by atoms with Crippen molar-refractivity contribution in [2.24, 2.45) is 5.92 Å². The van der Waals surface area contributed by atoms with Crippen molar-refractivity contribution < 1.29 is 14.5 Å². The number of carbonyl (C=O) groups excluding carboxylic acids is 2. The third kappa shape index (κ3) is 4.34. The zero-order chi connectivity index (χ0) is 22.0. The van der Waals surface area contributed by atoms with Crippen LogP contribution in [0.3, 0.4) is 0 Å². The van der Waals surface area contributed by atoms with Gasteiger partial charge >= 0.3 is 0 Å². The molecule has 1 saturated heterocycles. The first kappa shape index (κ1) is 20.7. The number of hydrogen-bond donors (Lipinski definition) is 1. The van der Waals surface area contributed by atoms with Crippen LogP contribution < -0.4 is 10.2 Å². The molecule has 2 atom stereocenters. The van der Waals surface area contributed by atoms with Crippen molar-refractivity contribution in [2.45, 2.75) is 25.9 Å². The van der Waals surface area contributed by atoms with E-state index in [0.29, 0.717) is 0 Å². The van der Waals surface area contributed by atoms with Gasteiger partial charge < -0.3 is 10.2 Å². The van der Waals surface area contributed by atoms with Crippen molar-refractivity contribution in [1.82, 2.24) is 5.32 Å². The van der Waals surface area contributed by atoms with Crippen LogP contribution in [0, 0.1) is 23.0 Å². The highest BCUT2D eigenvalue weighted by Crippen LogP contribution is 2.43. The van der Waals surface area contributed by atoms with Gasteiger partial charge in [-0.2, -0.15) is 0 Å². The van der Waals surface area contributed by atoms with Crippen molar-refractivity contribution in [3.63, 3.8) is 0 Å². The molecule has 0 bridgehead atoms. The molecule has 1 aliphatic rings. The molecule has 1 aliphatic heterocycles. The smallest absolute Gasteiger partial charge is 0.269 e. The molecule has 2 amide bonds. The second-order valence-corrected chi connectivity index (χ2v) is 8.49. The molecule has 158 valence electrons. The lowest BCUT2D eigenvalue weighted by Gasteiger charge is -2.27. The first-order chi connectivity index (χ1) is 14.9. The highest BCUT2D eigenvalue weighted by molar-refractivity contribution is 7.10. The van der Waals surface area contributed by atoms with E-state index in [9.17, 15) is 19.7 Å². The predicted molar refractivity (Wildman–Crippen MR) is 119 cm³/mol. The van der Waals surface area contributed by atoms with Crippen molar-refractivity contribution in [1.29, 1.82) is 0 Å². The summed E-state index contributed by atoms with van der Waals surface area (Å²) in [7, 11) is 0. The van der Waals surface area contributed by atoms with Crippen LogP contribution in [0.15, 0.2) is 66.0 Å². The molecule has 1 aromatic heterocycles. The minimum Gasteiger partial charge on any atom is -0.352 e. The Bertz CT molecular complexity index is 1090. The molecule has 2 heterocycles. The molecule has 3 aromatic rings. The Balaban J connectivity index is 1.54. The molecule has 31 heavy (non-hydrogen) atoms. The molecule has 7 nitrogen and oxygen atoms in total. The quantitative estimate of drug-likeness (QED) is 0.459. The summed E-state index contributed by atoms with van der Waals surface area (Å²) in [5.74, 6) is -0.817. The standard InChI is InChI=1S/C23H21N3O4S/c1-15-4-8-17(9-5-15)25-21(27)13-19(22(25)20-3-2-12-31-20)23(28)24-14-16-6-10-18(11-7-16)26(29)30/h2-12,19,22H,13-14H2,1H3,(H,24,28). The van der Waals surface area contributed by atoms with Crippen LogP contribution in [0.2, 0.25) is 0 Å². The van der Waals surface area contributed by atoms with Crippen LogP contribution in [0.1, 0.15) is 28.5 Å². The predicted octanol–water partition coefficient (Wildman–Crippen LogP) is 4.38. The lowest BCUT2D eigenvalue weighted by molar-refractivity contribution is -0.384. The van der Waals surface area contributed by atoms with Crippen molar-refractivity contribution in [3.05, 3.63) is 92.2 Å². The third-order valence-corrected chi connectivity index (χ3v) is 6.36. The second kappa shape index (κ2) is 8.69. The van der Waals surface area contributed by atoms with E-state index in [1.54, 1.807) is 17.0 Å². The first-order valence-electron chi connectivity index (χ1n) is 9.87. The fourth-order valence-electron chi connectivity index (χ4n) is 3.82. The highest BCUT2D eigenvalue weighted by atomic mass is 32.1. The molecule has 4 rings (SSSR count). The van der Waals surface area contributed by atoms with Crippen LogP contribution in [-0.2, 0) is 16.1 Å². The number of nitro groups is 1. The average Bonchev–Trinajstić information content (AvgIpc) is 3.40. The van der Waals surface area contributed by atoms with Crippen LogP contribution >= 0.6 is 11.3 Å². The Morgan fingerprint density at radius 1 is 1.16 bits per heavy atom. The number of benzene rings is 2. The van der Waals surface area contributed by atoms with E-state index in [1.807, 2.05) is 48.7 Å². The number of aryl methyl sites for hydroxylation is 1. The molecule has 0 radical (unpaired) electrons. The van der Waals surface area contributed by atoms with Crippen LogP contribution in [0.4, 0.5) is 11.4 Å². The fraction of sp³-hybridized carbons (Fsp3) is 0.217. The molecule has 1 N–H and O–H groups in total. The SMILES string of the molecule is Cc1ccc(N2C(=O)CC(C(=O)NCc3ccc([N+](=O)[O-])cc3)C2c2cccs2)cc1. The van der Waals surface area contributed by atoms with Gasteiger partial charge in [0.1, 0.15) is 0 Å². The van der Waals surface area contributed by atoms with Crippen LogP contribution in [0.5, 0.6) is 0 Å². The number of nitro benzene ring substituents is 1. The van der Waals surface area contributed by atoms with Crippen molar-refractivity contribution >= 4 is 34.5 Å². The largest absolute Gasteiger partial charge is 0.352 e. The maximum atomic E-state index is 13.1. The topological polar surface area (TPSA) is 92.6 Å². The highest BCUT2D eigenvalue weighted by Gasteiger charge is 2.45. The Labute approximate surface area is 183 Å². The molecule has 2 unspecified atom stereocenters. The third-order valence-electron chi connectivity index (χ3n) is 5.42. The number of nitrogens with one attached hydrogen (secondary N) is 1. The molecule has 0 aliphatic carbocycles. The van der Waals surface area contributed by atoms with Gasteiger partial charge in [-0.05, 0) is 36.1 Å². The number of carbonyl (C=O) groups is 2. The summed E-state index contributed by atoms with van der Waals surface area (Å²) in [6.45, 7) is 2.23.